The van der Waals surface area contributed by atoms with Gasteiger partial charge in [-0.1, -0.05) is 23.7 Å². The van der Waals surface area contributed by atoms with Gasteiger partial charge in [-0.05, 0) is 44.2 Å². The number of rotatable bonds is 4. The summed E-state index contributed by atoms with van der Waals surface area (Å²) in [5.41, 5.74) is 8.11. The van der Waals surface area contributed by atoms with E-state index in [1.54, 1.807) is 12.1 Å². The Morgan fingerprint density at radius 2 is 1.92 bits per heavy atom. The third-order valence-electron chi connectivity index (χ3n) is 6.67. The van der Waals surface area contributed by atoms with E-state index in [0.29, 0.717) is 71.7 Å². The van der Waals surface area contributed by atoms with Crippen LogP contribution in [-0.2, 0) is 6.54 Å². The Morgan fingerprint density at radius 3 is 2.65 bits per heavy atom. The van der Waals surface area contributed by atoms with Crippen LogP contribution in [0.5, 0.6) is 5.75 Å². The van der Waals surface area contributed by atoms with Crippen molar-refractivity contribution in [3.63, 3.8) is 0 Å². The number of piperazine rings is 1. The van der Waals surface area contributed by atoms with Crippen molar-refractivity contribution in [2.75, 3.05) is 32.8 Å². The van der Waals surface area contributed by atoms with Crippen molar-refractivity contribution < 1.29 is 9.53 Å². The smallest absolute Gasteiger partial charge is 0.253 e. The summed E-state index contributed by atoms with van der Waals surface area (Å²) in [4.78, 5) is 31.4. The van der Waals surface area contributed by atoms with E-state index in [9.17, 15) is 4.79 Å². The van der Waals surface area contributed by atoms with Crippen LogP contribution in [0.1, 0.15) is 29.9 Å². The van der Waals surface area contributed by atoms with Crippen LogP contribution in [0.3, 0.4) is 0 Å². The number of nitrogens with zero attached hydrogens (tertiary/aromatic N) is 6. The van der Waals surface area contributed by atoms with Crippen LogP contribution in [0.4, 0.5) is 5.69 Å². The molecule has 2 aliphatic rings. The van der Waals surface area contributed by atoms with Gasteiger partial charge in [0.25, 0.3) is 5.91 Å². The summed E-state index contributed by atoms with van der Waals surface area (Å²) in [6.45, 7) is 8.60. The zero-order valence-electron chi connectivity index (χ0n) is 21.0. The Balaban J connectivity index is 1.48. The fourth-order valence-electron chi connectivity index (χ4n) is 4.63. The third kappa shape index (κ3) is 5.23. The van der Waals surface area contributed by atoms with Gasteiger partial charge in [0.15, 0.2) is 5.84 Å². The predicted octanol–water partition coefficient (Wildman–Crippen LogP) is 3.83. The lowest BCUT2D eigenvalue weighted by Crippen LogP contribution is -2.50. The van der Waals surface area contributed by atoms with Crippen molar-refractivity contribution in [1.29, 1.82) is 0 Å². The third-order valence-corrected chi connectivity index (χ3v) is 6.99. The molecule has 9 nitrogen and oxygen atoms in total. The number of hydrogen-bond donors (Lipinski definition) is 1. The summed E-state index contributed by atoms with van der Waals surface area (Å²) < 4.78 is 7.97. The Kier molecular flexibility index (Phi) is 7.25. The number of imidazole rings is 1. The van der Waals surface area contributed by atoms with Crippen LogP contribution in [0.2, 0.25) is 5.02 Å². The van der Waals surface area contributed by atoms with Gasteiger partial charge in [0.05, 0.1) is 29.2 Å². The molecule has 0 radical (unpaired) electrons. The zero-order valence-corrected chi connectivity index (χ0v) is 21.7. The Bertz CT molecular complexity index is 1360. The SMILES string of the molecule is CC(C)N1CCN(C(=O)c2ccc3c(c2)-c2nc(C(N=CN)=Nc4ccccc4Cl)cn2CCO3)CC1. The Hall–Kier alpha value is -3.69. The number of aliphatic imine (C=N–C) groups is 2. The number of halogens is 1. The van der Waals surface area contributed by atoms with Crippen molar-refractivity contribution >= 4 is 35.4 Å². The van der Waals surface area contributed by atoms with Crippen LogP contribution < -0.4 is 10.5 Å². The summed E-state index contributed by atoms with van der Waals surface area (Å²) in [6, 6.07) is 13.3. The van der Waals surface area contributed by atoms with E-state index < -0.39 is 0 Å². The molecule has 3 aromatic rings. The molecule has 192 valence electrons. The number of amides is 1. The highest BCUT2D eigenvalue weighted by atomic mass is 35.5. The molecular weight excluding hydrogens is 490 g/mol. The summed E-state index contributed by atoms with van der Waals surface area (Å²) in [7, 11) is 0. The molecule has 5 rings (SSSR count). The first kappa shape index (κ1) is 25.0. The average molecular weight is 520 g/mol. The van der Waals surface area contributed by atoms with Crippen LogP contribution >= 0.6 is 11.6 Å². The minimum Gasteiger partial charge on any atom is -0.491 e. The minimum absolute atomic E-state index is 0.0162. The molecule has 0 spiro atoms. The second kappa shape index (κ2) is 10.7. The molecule has 1 aromatic heterocycles. The molecule has 0 saturated carbocycles. The lowest BCUT2D eigenvalue weighted by Gasteiger charge is -2.37. The molecule has 1 amide bonds. The van der Waals surface area contributed by atoms with Crippen LogP contribution in [-0.4, -0.2) is 76.3 Å². The maximum absolute atomic E-state index is 13.4. The van der Waals surface area contributed by atoms with E-state index >= 15 is 0 Å². The lowest BCUT2D eigenvalue weighted by molar-refractivity contribution is 0.0595. The van der Waals surface area contributed by atoms with Gasteiger partial charge < -0.3 is 19.9 Å². The number of para-hydroxylation sites is 1. The number of amidine groups is 1. The fraction of sp³-hybridized carbons (Fsp3) is 0.333. The molecule has 0 aliphatic carbocycles. The molecule has 2 aliphatic heterocycles. The molecule has 1 saturated heterocycles. The fourth-order valence-corrected chi connectivity index (χ4v) is 4.81. The van der Waals surface area contributed by atoms with Gasteiger partial charge in [0.1, 0.15) is 23.9 Å². The highest BCUT2D eigenvalue weighted by molar-refractivity contribution is 6.33. The molecule has 0 bridgehead atoms. The van der Waals surface area contributed by atoms with Crippen LogP contribution in [0.15, 0.2) is 58.6 Å². The van der Waals surface area contributed by atoms with E-state index in [2.05, 4.69) is 28.7 Å². The number of hydrogen-bond acceptors (Lipinski definition) is 5. The first-order chi connectivity index (χ1) is 17.9. The van der Waals surface area contributed by atoms with Gasteiger partial charge in [-0.3, -0.25) is 9.69 Å². The van der Waals surface area contributed by atoms with E-state index in [4.69, 9.17) is 27.1 Å². The maximum Gasteiger partial charge on any atom is 0.253 e. The van der Waals surface area contributed by atoms with Crippen molar-refractivity contribution in [3.8, 4) is 17.1 Å². The first-order valence-corrected chi connectivity index (χ1v) is 12.8. The monoisotopic (exact) mass is 519 g/mol. The first-order valence-electron chi connectivity index (χ1n) is 12.4. The largest absolute Gasteiger partial charge is 0.491 e. The number of nitrogens with two attached hydrogens (primary N) is 1. The summed E-state index contributed by atoms with van der Waals surface area (Å²) in [5.74, 6) is 1.72. The molecule has 0 unspecified atom stereocenters. The van der Waals surface area contributed by atoms with Crippen molar-refractivity contribution in [1.82, 2.24) is 19.4 Å². The van der Waals surface area contributed by atoms with Crippen molar-refractivity contribution in [2.45, 2.75) is 26.4 Å². The summed E-state index contributed by atoms with van der Waals surface area (Å²) in [6.07, 6.45) is 3.06. The second-order valence-corrected chi connectivity index (χ2v) is 9.70. The number of carbonyl (C=O) groups is 1. The van der Waals surface area contributed by atoms with Gasteiger partial charge in [0.2, 0.25) is 0 Å². The molecule has 0 atom stereocenters. The molecule has 2 aromatic carbocycles. The predicted molar refractivity (Wildman–Crippen MR) is 146 cm³/mol. The number of carbonyl (C=O) groups excluding carboxylic acids is 1. The van der Waals surface area contributed by atoms with E-state index in [1.807, 2.05) is 46.0 Å². The van der Waals surface area contributed by atoms with Gasteiger partial charge in [-0.15, -0.1) is 0 Å². The second-order valence-electron chi connectivity index (χ2n) is 9.29. The number of fused-ring (bicyclic) bond motifs is 3. The van der Waals surface area contributed by atoms with E-state index in [-0.39, 0.29) is 5.91 Å². The van der Waals surface area contributed by atoms with E-state index in [0.717, 1.165) is 18.7 Å². The van der Waals surface area contributed by atoms with Gasteiger partial charge in [-0.25, -0.2) is 15.0 Å². The topological polar surface area (TPSA) is 101 Å². The molecule has 2 N–H and O–H groups in total. The maximum atomic E-state index is 13.4. The van der Waals surface area contributed by atoms with Crippen molar-refractivity contribution in [2.24, 2.45) is 15.7 Å². The number of benzene rings is 2. The lowest BCUT2D eigenvalue weighted by atomic mass is 10.1. The Morgan fingerprint density at radius 1 is 1.14 bits per heavy atom. The average Bonchev–Trinajstić information content (AvgIpc) is 3.25. The molecule has 37 heavy (non-hydrogen) atoms. The van der Waals surface area contributed by atoms with Gasteiger partial charge in [0, 0.05) is 44.0 Å². The summed E-state index contributed by atoms with van der Waals surface area (Å²) >= 11 is 6.31. The zero-order chi connectivity index (χ0) is 25.9. The molecule has 10 heteroatoms. The minimum atomic E-state index is 0.0162. The number of aromatic nitrogens is 2. The highest BCUT2D eigenvalue weighted by Crippen LogP contribution is 2.34. The van der Waals surface area contributed by atoms with Crippen LogP contribution in [0, 0.1) is 0 Å². The highest BCUT2D eigenvalue weighted by Gasteiger charge is 2.26. The molecular formula is C27H30ClN7O2. The Labute approximate surface area is 221 Å². The summed E-state index contributed by atoms with van der Waals surface area (Å²) in [5, 5.41) is 0.504. The molecule has 3 heterocycles. The standard InChI is InChI=1S/C27H30ClN7O2/c1-18(2)33-9-11-34(12-10-33)27(36)19-7-8-24-20(15-19)26-32-23(16-35(26)13-14-37-24)25(30-17-29)31-22-6-4-3-5-21(22)28/h3-8,15-18H,9-14H2,1-2H3,(H2,29,30,31). The van der Waals surface area contributed by atoms with Gasteiger partial charge in [-0.2, -0.15) is 0 Å². The number of ether oxygens (including phenoxy) is 1. The molecule has 1 fully saturated rings. The van der Waals surface area contributed by atoms with Gasteiger partial charge >= 0.3 is 0 Å². The van der Waals surface area contributed by atoms with Crippen molar-refractivity contribution in [3.05, 3.63) is 64.9 Å². The van der Waals surface area contributed by atoms with E-state index in [1.165, 1.54) is 6.34 Å². The quantitative estimate of drug-likeness (QED) is 0.417. The van der Waals surface area contributed by atoms with Crippen LogP contribution in [0.25, 0.3) is 11.4 Å². The normalized spacial score (nSPS) is 16.4.